The van der Waals surface area contributed by atoms with Gasteiger partial charge in [0.25, 0.3) is 0 Å². The number of pyridine rings is 1. The van der Waals surface area contributed by atoms with Crippen molar-refractivity contribution in [3.05, 3.63) is 28.8 Å². The third kappa shape index (κ3) is 4.02. The number of carbonyl (C=O) groups is 1. The van der Waals surface area contributed by atoms with Gasteiger partial charge in [0, 0.05) is 35.2 Å². The summed E-state index contributed by atoms with van der Waals surface area (Å²) in [7, 11) is 1.60. The van der Waals surface area contributed by atoms with Crippen LogP contribution in [0.25, 0.3) is 10.4 Å². The number of nitrogens with zero attached hydrogens (tertiary/aromatic N) is 5. The van der Waals surface area contributed by atoms with Gasteiger partial charge in [0.15, 0.2) is 0 Å². The van der Waals surface area contributed by atoms with Gasteiger partial charge in [-0.15, -0.1) is 0 Å². The third-order valence-corrected chi connectivity index (χ3v) is 4.03. The molecule has 1 aromatic heterocycles. The number of aromatic nitrogens is 1. The lowest BCUT2D eigenvalue weighted by molar-refractivity contribution is 0.236. The summed E-state index contributed by atoms with van der Waals surface area (Å²) in [4.78, 5) is 20.3. The molecular formula is C14H20N6O2. The predicted octanol–water partition coefficient (Wildman–Crippen LogP) is 2.72. The van der Waals surface area contributed by atoms with E-state index in [0.717, 1.165) is 31.6 Å². The maximum absolute atomic E-state index is 11.3. The molecule has 1 saturated heterocycles. The fourth-order valence-corrected chi connectivity index (χ4v) is 2.72. The van der Waals surface area contributed by atoms with Crippen molar-refractivity contribution in [1.82, 2.24) is 10.3 Å². The molecule has 1 N–H and O–H groups in total. The van der Waals surface area contributed by atoms with Crippen LogP contribution in [0, 0.1) is 5.92 Å². The van der Waals surface area contributed by atoms with Crippen molar-refractivity contribution in [1.29, 1.82) is 0 Å². The summed E-state index contributed by atoms with van der Waals surface area (Å²) in [6, 6.07) is 3.23. The van der Waals surface area contributed by atoms with Crippen LogP contribution in [0.1, 0.15) is 19.8 Å². The first kappa shape index (κ1) is 15.9. The number of rotatable bonds is 4. The van der Waals surface area contributed by atoms with Gasteiger partial charge in [0.1, 0.15) is 0 Å². The minimum Gasteiger partial charge on any atom is -0.481 e. The smallest absolute Gasteiger partial charge is 0.308 e. The molecule has 1 aliphatic heterocycles. The Morgan fingerprint density at radius 1 is 1.55 bits per heavy atom. The fourth-order valence-electron chi connectivity index (χ4n) is 2.72. The van der Waals surface area contributed by atoms with Gasteiger partial charge >= 0.3 is 6.03 Å². The molecule has 2 rings (SSSR count). The molecule has 0 spiro atoms. The Balaban J connectivity index is 1.86. The van der Waals surface area contributed by atoms with Crippen molar-refractivity contribution in [2.24, 2.45) is 11.0 Å². The minimum absolute atomic E-state index is 0.00542. The number of ether oxygens (including phenoxy) is 1. The molecule has 1 fully saturated rings. The Labute approximate surface area is 129 Å². The van der Waals surface area contributed by atoms with Crippen LogP contribution in [0.2, 0.25) is 0 Å². The Morgan fingerprint density at radius 3 is 2.82 bits per heavy atom. The van der Waals surface area contributed by atoms with Crippen LogP contribution in [-0.2, 0) is 0 Å². The normalized spacial score (nSPS) is 16.5. The maximum Gasteiger partial charge on any atom is 0.308 e. The summed E-state index contributed by atoms with van der Waals surface area (Å²) in [5.41, 5.74) is 9.31. The quantitative estimate of drug-likeness (QED) is 0.524. The first-order valence-electron chi connectivity index (χ1n) is 7.24. The lowest BCUT2D eigenvalue weighted by Crippen LogP contribution is -2.43. The van der Waals surface area contributed by atoms with Crippen LogP contribution < -0.4 is 15.0 Å². The zero-order valence-electron chi connectivity index (χ0n) is 12.8. The van der Waals surface area contributed by atoms with E-state index in [9.17, 15) is 4.79 Å². The number of carbonyl (C=O) groups excluding carboxylic acids is 1. The molecule has 0 bridgehead atoms. The Hall–Kier alpha value is -2.47. The summed E-state index contributed by atoms with van der Waals surface area (Å²) in [5, 5.41) is 5.75. The van der Waals surface area contributed by atoms with Crippen molar-refractivity contribution >= 4 is 11.7 Å². The zero-order chi connectivity index (χ0) is 15.9. The van der Waals surface area contributed by atoms with Crippen LogP contribution in [-0.4, -0.2) is 37.3 Å². The fraction of sp³-hybridized carbons (Fsp3) is 0.571. The second-order valence-corrected chi connectivity index (χ2v) is 5.31. The van der Waals surface area contributed by atoms with E-state index < -0.39 is 6.03 Å². The molecule has 8 heteroatoms. The molecule has 0 aromatic carbocycles. The van der Waals surface area contributed by atoms with Crippen LogP contribution >= 0.6 is 0 Å². The van der Waals surface area contributed by atoms with E-state index >= 15 is 0 Å². The van der Waals surface area contributed by atoms with Gasteiger partial charge in [-0.2, -0.15) is 0 Å². The molecular weight excluding hydrogens is 284 g/mol. The highest BCUT2D eigenvalue weighted by atomic mass is 16.5. The van der Waals surface area contributed by atoms with E-state index in [1.165, 1.54) is 0 Å². The molecule has 2 heterocycles. The van der Waals surface area contributed by atoms with E-state index in [-0.39, 0.29) is 6.04 Å². The largest absolute Gasteiger partial charge is 0.481 e. The average molecular weight is 304 g/mol. The maximum atomic E-state index is 11.3. The van der Waals surface area contributed by atoms with E-state index in [4.69, 9.17) is 10.3 Å². The summed E-state index contributed by atoms with van der Waals surface area (Å²) >= 11 is 0. The molecule has 8 nitrogen and oxygen atoms in total. The molecule has 1 aliphatic rings. The number of nitrogens with one attached hydrogen (secondary N) is 1. The van der Waals surface area contributed by atoms with Crippen molar-refractivity contribution in [3.63, 3.8) is 0 Å². The van der Waals surface area contributed by atoms with E-state index in [1.807, 2.05) is 25.3 Å². The van der Waals surface area contributed by atoms with Gasteiger partial charge in [-0.05, 0) is 37.3 Å². The van der Waals surface area contributed by atoms with E-state index in [1.54, 1.807) is 7.11 Å². The summed E-state index contributed by atoms with van der Waals surface area (Å²) < 4.78 is 5.06. The number of hydrogen-bond acceptors (Lipinski definition) is 4. The standard InChI is InChI=1S/C14H20N6O2/c1-10(17-14(21)18-19-15)11-5-7-20(8-6-11)12-3-4-13(22-2)16-9-12/h3-4,9-11H,5-8H2,1-2H3,(H,17,21). The molecule has 1 unspecified atom stereocenters. The summed E-state index contributed by atoms with van der Waals surface area (Å²) in [6.07, 6.45) is 3.74. The topological polar surface area (TPSA) is 103 Å². The van der Waals surface area contributed by atoms with Crippen molar-refractivity contribution < 1.29 is 9.53 Å². The summed E-state index contributed by atoms with van der Waals surface area (Å²) in [5.74, 6) is 0.980. The Bertz CT molecular complexity index is 547. The molecule has 118 valence electrons. The van der Waals surface area contributed by atoms with Gasteiger partial charge in [-0.25, -0.2) is 4.98 Å². The Kier molecular flexibility index (Phi) is 5.43. The molecule has 1 atom stereocenters. The van der Waals surface area contributed by atoms with Crippen molar-refractivity contribution in [3.8, 4) is 5.88 Å². The van der Waals surface area contributed by atoms with E-state index in [2.05, 4.69) is 25.2 Å². The van der Waals surface area contributed by atoms with Crippen molar-refractivity contribution in [2.45, 2.75) is 25.8 Å². The Morgan fingerprint density at radius 2 is 2.27 bits per heavy atom. The highest BCUT2D eigenvalue weighted by Gasteiger charge is 2.25. The van der Waals surface area contributed by atoms with Gasteiger partial charge in [0.05, 0.1) is 19.0 Å². The predicted molar refractivity (Wildman–Crippen MR) is 82.9 cm³/mol. The first-order valence-corrected chi connectivity index (χ1v) is 7.24. The monoisotopic (exact) mass is 304 g/mol. The molecule has 2 amide bonds. The van der Waals surface area contributed by atoms with Crippen LogP contribution in [0.4, 0.5) is 10.5 Å². The zero-order valence-corrected chi connectivity index (χ0v) is 12.8. The number of hydrogen-bond donors (Lipinski definition) is 1. The van der Waals surface area contributed by atoms with Gasteiger partial charge in [-0.1, -0.05) is 0 Å². The molecule has 0 radical (unpaired) electrons. The van der Waals surface area contributed by atoms with Crippen molar-refractivity contribution in [2.75, 3.05) is 25.1 Å². The second-order valence-electron chi connectivity index (χ2n) is 5.31. The van der Waals surface area contributed by atoms with Gasteiger partial charge < -0.3 is 15.0 Å². The molecule has 1 aromatic rings. The number of azide groups is 1. The number of anilines is 1. The van der Waals surface area contributed by atoms with E-state index in [0.29, 0.717) is 11.8 Å². The van der Waals surface area contributed by atoms with Gasteiger partial charge in [-0.3, -0.25) is 4.79 Å². The first-order chi connectivity index (χ1) is 10.6. The second kappa shape index (κ2) is 7.51. The third-order valence-electron chi connectivity index (χ3n) is 4.03. The molecule has 0 saturated carbocycles. The number of piperidine rings is 1. The lowest BCUT2D eigenvalue weighted by atomic mass is 9.90. The van der Waals surface area contributed by atoms with Crippen LogP contribution in [0.15, 0.2) is 23.4 Å². The molecule has 0 aliphatic carbocycles. The SMILES string of the molecule is COc1ccc(N2CCC(C(C)NC(=O)N=[N+]=[N-])CC2)cn1. The van der Waals surface area contributed by atoms with Gasteiger partial charge in [0.2, 0.25) is 5.88 Å². The highest BCUT2D eigenvalue weighted by Crippen LogP contribution is 2.25. The number of methoxy groups -OCH3 is 1. The lowest BCUT2D eigenvalue weighted by Gasteiger charge is -2.36. The number of urea groups is 1. The average Bonchev–Trinajstić information content (AvgIpc) is 2.55. The summed E-state index contributed by atoms with van der Waals surface area (Å²) in [6.45, 7) is 3.75. The van der Waals surface area contributed by atoms with Crippen LogP contribution in [0.5, 0.6) is 5.88 Å². The molecule has 22 heavy (non-hydrogen) atoms. The van der Waals surface area contributed by atoms with Crippen LogP contribution in [0.3, 0.4) is 0 Å². The minimum atomic E-state index is -0.614. The highest BCUT2D eigenvalue weighted by molar-refractivity contribution is 5.74. The number of amides is 2.